The minimum absolute atomic E-state index is 0.112. The predicted molar refractivity (Wildman–Crippen MR) is 105 cm³/mol. The Morgan fingerprint density at radius 1 is 1.28 bits per heavy atom. The molecule has 0 aliphatic carbocycles. The van der Waals surface area contributed by atoms with Gasteiger partial charge in [-0.1, -0.05) is 43.0 Å². The van der Waals surface area contributed by atoms with Gasteiger partial charge in [0.1, 0.15) is 0 Å². The fourth-order valence-electron chi connectivity index (χ4n) is 2.98. The predicted octanol–water partition coefficient (Wildman–Crippen LogP) is 3.02. The standard InChI is InChI=1S/C20H22F2N6O/c1-13-7-8-17(20(21,22)19-23-26-27-24-19)9-10-28(25-15(13)3)11-18-14(2)5-4-6-16(18)12-29/h4-9,29H,1,10-12H2,2-3H3,(H,23,24,26,27)/b8-7-,17-9+,25-15-. The van der Waals surface area contributed by atoms with Crippen molar-refractivity contribution in [2.24, 2.45) is 5.10 Å². The Bertz CT molecular complexity index is 979. The van der Waals surface area contributed by atoms with Crippen LogP contribution in [0.4, 0.5) is 8.78 Å². The van der Waals surface area contributed by atoms with Crippen LogP contribution >= 0.6 is 0 Å². The number of hydrogen-bond donors (Lipinski definition) is 2. The van der Waals surface area contributed by atoms with E-state index < -0.39 is 11.7 Å². The third kappa shape index (κ3) is 4.45. The Hall–Kier alpha value is -3.20. The lowest BCUT2D eigenvalue weighted by molar-refractivity contribution is 0.0314. The molecular weight excluding hydrogens is 378 g/mol. The molecule has 1 aromatic carbocycles. The molecular formula is C20H22F2N6O. The van der Waals surface area contributed by atoms with Gasteiger partial charge in [-0.15, -0.1) is 5.10 Å². The van der Waals surface area contributed by atoms with Crippen molar-refractivity contribution in [3.63, 3.8) is 0 Å². The smallest absolute Gasteiger partial charge is 0.332 e. The Morgan fingerprint density at radius 3 is 2.76 bits per heavy atom. The molecule has 1 aliphatic rings. The molecule has 0 saturated carbocycles. The molecule has 0 spiro atoms. The van der Waals surface area contributed by atoms with Crippen molar-refractivity contribution in [1.82, 2.24) is 25.6 Å². The summed E-state index contributed by atoms with van der Waals surface area (Å²) in [6.07, 6.45) is 4.20. The molecule has 2 aromatic rings. The average Bonchev–Trinajstić information content (AvgIpc) is 3.25. The summed E-state index contributed by atoms with van der Waals surface area (Å²) in [4.78, 5) is 0. The summed E-state index contributed by atoms with van der Waals surface area (Å²) in [5.74, 6) is -4.03. The Morgan fingerprint density at radius 2 is 2.07 bits per heavy atom. The van der Waals surface area contributed by atoms with Crippen LogP contribution in [0.3, 0.4) is 0 Å². The minimum atomic E-state index is -3.40. The van der Waals surface area contributed by atoms with Crippen molar-refractivity contribution >= 4 is 5.71 Å². The van der Waals surface area contributed by atoms with Gasteiger partial charge in [0.15, 0.2) is 0 Å². The number of aromatic amines is 1. The van der Waals surface area contributed by atoms with E-state index in [1.54, 1.807) is 11.9 Å². The zero-order valence-corrected chi connectivity index (χ0v) is 16.2. The number of nitrogens with one attached hydrogen (secondary N) is 1. The first kappa shape index (κ1) is 20.5. The fourth-order valence-corrected chi connectivity index (χ4v) is 2.98. The highest BCUT2D eigenvalue weighted by atomic mass is 19.3. The molecule has 29 heavy (non-hydrogen) atoms. The maximum absolute atomic E-state index is 14.9. The van der Waals surface area contributed by atoms with E-state index >= 15 is 0 Å². The van der Waals surface area contributed by atoms with Gasteiger partial charge in [-0.05, 0) is 46.5 Å². The number of aliphatic hydroxyl groups excluding tert-OH is 1. The summed E-state index contributed by atoms with van der Waals surface area (Å²) < 4.78 is 29.7. The Balaban J connectivity index is 1.97. The van der Waals surface area contributed by atoms with E-state index in [2.05, 4.69) is 32.3 Å². The number of H-pyrrole nitrogens is 1. The van der Waals surface area contributed by atoms with Gasteiger partial charge in [-0.25, -0.2) is 5.10 Å². The molecule has 152 valence electrons. The first-order valence-corrected chi connectivity index (χ1v) is 9.01. The average molecular weight is 400 g/mol. The third-order valence-corrected chi connectivity index (χ3v) is 4.77. The van der Waals surface area contributed by atoms with Crippen molar-refractivity contribution in [1.29, 1.82) is 0 Å². The minimum Gasteiger partial charge on any atom is -0.392 e. The first-order chi connectivity index (χ1) is 13.8. The summed E-state index contributed by atoms with van der Waals surface area (Å²) in [7, 11) is 0. The summed E-state index contributed by atoms with van der Waals surface area (Å²) in [6.45, 7) is 7.98. The van der Waals surface area contributed by atoms with Gasteiger partial charge < -0.3 is 5.11 Å². The van der Waals surface area contributed by atoms with Crippen LogP contribution in [0.2, 0.25) is 0 Å². The second kappa shape index (κ2) is 8.44. The quantitative estimate of drug-likeness (QED) is 0.805. The molecule has 0 radical (unpaired) electrons. The molecule has 0 unspecified atom stereocenters. The topological polar surface area (TPSA) is 90.3 Å². The van der Waals surface area contributed by atoms with Crippen molar-refractivity contribution in [2.75, 3.05) is 6.54 Å². The van der Waals surface area contributed by atoms with Crippen molar-refractivity contribution in [3.05, 3.63) is 76.7 Å². The van der Waals surface area contributed by atoms with Crippen LogP contribution in [-0.4, -0.2) is 43.0 Å². The Kier molecular flexibility index (Phi) is 5.97. The lowest BCUT2D eigenvalue weighted by Gasteiger charge is -2.22. The number of hydrogen-bond acceptors (Lipinski definition) is 6. The van der Waals surface area contributed by atoms with Gasteiger partial charge in [0.2, 0.25) is 5.82 Å². The van der Waals surface area contributed by atoms with Gasteiger partial charge >= 0.3 is 5.92 Å². The number of aryl methyl sites for hydroxylation is 1. The zero-order chi connectivity index (χ0) is 21.0. The summed E-state index contributed by atoms with van der Waals surface area (Å²) in [6, 6.07) is 5.64. The molecule has 0 atom stereocenters. The van der Waals surface area contributed by atoms with Crippen LogP contribution in [0.15, 0.2) is 59.3 Å². The number of tetrazole rings is 1. The van der Waals surface area contributed by atoms with Crippen molar-refractivity contribution in [2.45, 2.75) is 32.9 Å². The van der Waals surface area contributed by atoms with Gasteiger partial charge in [-0.2, -0.15) is 13.9 Å². The molecule has 0 fully saturated rings. The maximum Gasteiger partial charge on any atom is 0.332 e. The molecule has 2 heterocycles. The summed E-state index contributed by atoms with van der Waals surface area (Å²) in [5, 5.41) is 27.9. The highest BCUT2D eigenvalue weighted by Gasteiger charge is 2.39. The number of aromatic nitrogens is 4. The number of rotatable bonds is 5. The van der Waals surface area contributed by atoms with Crippen LogP contribution in [0.5, 0.6) is 0 Å². The molecule has 0 bridgehead atoms. The van der Waals surface area contributed by atoms with E-state index in [9.17, 15) is 13.9 Å². The summed E-state index contributed by atoms with van der Waals surface area (Å²) in [5.41, 5.74) is 3.53. The van der Waals surface area contributed by atoms with Crippen molar-refractivity contribution < 1.29 is 13.9 Å². The SMILES string of the molecule is C=C1/C=C\C(C(F)(F)c2nnn[nH]2)=C/CN(Cc2c(C)cccc2CO)/N=C\1C. The molecule has 2 N–H and O–H groups in total. The highest BCUT2D eigenvalue weighted by Crippen LogP contribution is 2.34. The Labute approximate surface area is 167 Å². The van der Waals surface area contributed by atoms with E-state index in [1.165, 1.54) is 18.2 Å². The number of hydrazone groups is 1. The summed E-state index contributed by atoms with van der Waals surface area (Å²) >= 11 is 0. The van der Waals surface area contributed by atoms with Crippen LogP contribution in [-0.2, 0) is 19.1 Å². The fraction of sp³-hybridized carbons (Fsp3) is 0.300. The lowest BCUT2D eigenvalue weighted by Crippen LogP contribution is -2.23. The normalized spacial score (nSPS) is 20.2. The maximum atomic E-state index is 14.9. The van der Waals surface area contributed by atoms with Crippen LogP contribution < -0.4 is 0 Å². The van der Waals surface area contributed by atoms with E-state index in [-0.39, 0.29) is 18.7 Å². The number of alkyl halides is 2. The number of nitrogens with zero attached hydrogens (tertiary/aromatic N) is 5. The number of aliphatic hydroxyl groups is 1. The monoisotopic (exact) mass is 400 g/mol. The van der Waals surface area contributed by atoms with E-state index in [4.69, 9.17) is 0 Å². The molecule has 3 rings (SSSR count). The second-order valence-corrected chi connectivity index (χ2v) is 6.75. The van der Waals surface area contributed by atoms with Gasteiger partial charge in [0.05, 0.1) is 25.4 Å². The molecule has 1 aliphatic heterocycles. The third-order valence-electron chi connectivity index (χ3n) is 4.77. The second-order valence-electron chi connectivity index (χ2n) is 6.75. The van der Waals surface area contributed by atoms with Crippen molar-refractivity contribution in [3.8, 4) is 0 Å². The van der Waals surface area contributed by atoms with Gasteiger partial charge in [0.25, 0.3) is 0 Å². The largest absolute Gasteiger partial charge is 0.392 e. The van der Waals surface area contributed by atoms with E-state index in [0.29, 0.717) is 17.8 Å². The van der Waals surface area contributed by atoms with Crippen LogP contribution in [0.1, 0.15) is 29.4 Å². The van der Waals surface area contributed by atoms with Crippen LogP contribution in [0, 0.1) is 6.92 Å². The highest BCUT2D eigenvalue weighted by molar-refractivity contribution is 6.00. The number of benzene rings is 1. The number of halogens is 2. The first-order valence-electron chi connectivity index (χ1n) is 9.01. The molecule has 0 saturated heterocycles. The van der Waals surface area contributed by atoms with E-state index in [0.717, 1.165) is 16.7 Å². The molecule has 7 nitrogen and oxygen atoms in total. The molecule has 1 aromatic heterocycles. The van der Waals surface area contributed by atoms with Crippen LogP contribution in [0.25, 0.3) is 0 Å². The molecule has 9 heteroatoms. The van der Waals surface area contributed by atoms with Gasteiger partial charge in [-0.3, -0.25) is 5.01 Å². The van der Waals surface area contributed by atoms with E-state index in [1.807, 2.05) is 25.1 Å². The van der Waals surface area contributed by atoms with Gasteiger partial charge in [0, 0.05) is 5.57 Å². The number of allylic oxidation sites excluding steroid dienone is 4. The zero-order valence-electron chi connectivity index (χ0n) is 16.2. The lowest BCUT2D eigenvalue weighted by atomic mass is 10.0. The molecule has 0 amide bonds.